The number of imide groups is 2. The Morgan fingerprint density at radius 1 is 0.840 bits per heavy atom. The first-order valence-corrected chi connectivity index (χ1v) is 15.7. The maximum atomic E-state index is 15.2. The number of phenolic OH excluding ortho intramolecular Hbond substituents is 1. The summed E-state index contributed by atoms with van der Waals surface area (Å²) in [7, 11) is 0. The number of aromatic hydroxyl groups is 1. The summed E-state index contributed by atoms with van der Waals surface area (Å²) in [6.07, 6.45) is 0.729. The van der Waals surface area contributed by atoms with Crippen molar-refractivity contribution in [1.82, 2.24) is 0 Å². The average molecular weight is 735 g/mol. The Bertz CT molecular complexity index is 2130. The van der Waals surface area contributed by atoms with Gasteiger partial charge in [0, 0.05) is 5.92 Å². The third kappa shape index (κ3) is 4.20. The summed E-state index contributed by atoms with van der Waals surface area (Å²) in [6, 6.07) is 9.02. The number of anilines is 2. The summed E-state index contributed by atoms with van der Waals surface area (Å²) >= 11 is 14.2. The van der Waals surface area contributed by atoms with E-state index in [0.717, 1.165) is 11.0 Å². The van der Waals surface area contributed by atoms with Gasteiger partial charge in [0.05, 0.1) is 23.1 Å². The van der Waals surface area contributed by atoms with Crippen LogP contribution in [0, 0.1) is 53.8 Å². The molecule has 3 aromatic carbocycles. The molecule has 7 rings (SSSR count). The Labute approximate surface area is 288 Å². The lowest BCUT2D eigenvalue weighted by atomic mass is 9.56. The number of alkyl halides is 2. The van der Waals surface area contributed by atoms with Crippen molar-refractivity contribution in [1.29, 1.82) is 0 Å². The van der Waals surface area contributed by atoms with Crippen LogP contribution in [0.4, 0.5) is 33.3 Å². The van der Waals surface area contributed by atoms with Gasteiger partial charge in [-0.1, -0.05) is 29.8 Å². The number of allylic oxidation sites excluding steroid dienone is 2. The maximum absolute atomic E-state index is 15.2. The predicted molar refractivity (Wildman–Crippen MR) is 165 cm³/mol. The van der Waals surface area contributed by atoms with Crippen molar-refractivity contribution in [2.75, 3.05) is 9.80 Å². The fourth-order valence-corrected chi connectivity index (χ4v) is 8.77. The van der Waals surface area contributed by atoms with E-state index >= 15 is 8.78 Å². The van der Waals surface area contributed by atoms with Crippen LogP contribution in [-0.2, 0) is 19.2 Å². The monoisotopic (exact) mass is 734 g/mol. The largest absolute Gasteiger partial charge is 0.508 e. The number of benzene rings is 3. The molecule has 0 aromatic heterocycles. The molecule has 2 N–H and O–H groups in total. The summed E-state index contributed by atoms with van der Waals surface area (Å²) in [5, 5.41) is 19.7. The van der Waals surface area contributed by atoms with Gasteiger partial charge in [-0.05, 0) is 61.1 Å². The number of hydrogen-bond donors (Lipinski definition) is 2. The number of carboxylic acid groups (broad SMARTS) is 1. The van der Waals surface area contributed by atoms with Crippen LogP contribution >= 0.6 is 23.2 Å². The Morgan fingerprint density at radius 3 is 2.10 bits per heavy atom. The van der Waals surface area contributed by atoms with E-state index < -0.39 is 104 Å². The van der Waals surface area contributed by atoms with Crippen molar-refractivity contribution in [3.63, 3.8) is 0 Å². The van der Waals surface area contributed by atoms with E-state index in [-0.39, 0.29) is 45.0 Å². The number of aromatic carboxylic acids is 1. The lowest BCUT2D eigenvalue weighted by molar-refractivity contribution is -0.125. The molecule has 50 heavy (non-hydrogen) atoms. The predicted octanol–water partition coefficient (Wildman–Crippen LogP) is 5.86. The Balaban J connectivity index is 1.42. The van der Waals surface area contributed by atoms with Crippen LogP contribution in [0.2, 0.25) is 0 Å². The highest BCUT2D eigenvalue weighted by atomic mass is 35.5. The highest BCUT2D eigenvalue weighted by Crippen LogP contribution is 2.66. The number of nitrogens with zero attached hydrogens (tertiary/aromatic N) is 2. The van der Waals surface area contributed by atoms with Crippen LogP contribution in [0.5, 0.6) is 5.75 Å². The van der Waals surface area contributed by atoms with Crippen LogP contribution in [0.25, 0.3) is 0 Å². The van der Waals surface area contributed by atoms with Crippen molar-refractivity contribution >= 4 is 64.2 Å². The maximum Gasteiger partial charge on any atom is 0.335 e. The number of carboxylic acids is 1. The second-order valence-electron chi connectivity index (χ2n) is 12.6. The highest BCUT2D eigenvalue weighted by molar-refractivity contribution is 6.58. The van der Waals surface area contributed by atoms with Crippen LogP contribution in [0.3, 0.4) is 0 Å². The molecule has 0 spiro atoms. The van der Waals surface area contributed by atoms with Gasteiger partial charge in [0.25, 0.3) is 11.8 Å². The summed E-state index contributed by atoms with van der Waals surface area (Å²) < 4.78 is 73.1. The molecule has 2 aliphatic heterocycles. The first-order chi connectivity index (χ1) is 23.5. The molecular formula is C34H21Cl2F5N2O7. The van der Waals surface area contributed by atoms with Crippen LogP contribution in [-0.4, -0.2) is 49.6 Å². The fraction of sp³-hybridized carbons (Fsp3) is 0.265. The third-order valence-corrected chi connectivity index (χ3v) is 11.5. The molecule has 16 heteroatoms. The molecule has 258 valence electrons. The van der Waals surface area contributed by atoms with Gasteiger partial charge in [-0.25, -0.2) is 31.6 Å². The minimum absolute atomic E-state index is 0.0470. The topological polar surface area (TPSA) is 132 Å². The molecule has 3 aromatic rings. The number of hydrogen-bond acceptors (Lipinski definition) is 6. The summed E-state index contributed by atoms with van der Waals surface area (Å²) in [5.41, 5.74) is -1.54. The number of carbonyl (C=O) groups excluding carboxylic acids is 4. The number of fused-ring (bicyclic) bond motifs is 4. The van der Waals surface area contributed by atoms with Crippen molar-refractivity contribution in [2.24, 2.45) is 17.8 Å². The zero-order valence-corrected chi connectivity index (χ0v) is 26.8. The van der Waals surface area contributed by atoms with Gasteiger partial charge in [0.15, 0.2) is 33.0 Å². The minimum atomic E-state index is -2.70. The SMILES string of the molecule is Cc1cc([C@H]2C3=CC[C@@H]4C(=O)N(c5cccc(C(=O)O)c5)C(=O)[C@@H]4[C@@H]3C[C@@]3(Cl)C(=O)N(c4c(F)c(F)c(F)c(F)c4F)C(=O)[C@@]23Cl)ccc1O. The van der Waals surface area contributed by atoms with Gasteiger partial charge in [0.1, 0.15) is 11.4 Å². The van der Waals surface area contributed by atoms with Gasteiger partial charge < -0.3 is 10.2 Å². The van der Waals surface area contributed by atoms with Crippen LogP contribution in [0.15, 0.2) is 54.1 Å². The van der Waals surface area contributed by atoms with Crippen molar-refractivity contribution in [3.8, 4) is 5.75 Å². The number of carbonyl (C=O) groups is 5. The van der Waals surface area contributed by atoms with Crippen molar-refractivity contribution in [3.05, 3.63) is 99.9 Å². The third-order valence-electron chi connectivity index (χ3n) is 10.1. The number of amides is 4. The van der Waals surface area contributed by atoms with E-state index in [1.165, 1.54) is 49.4 Å². The van der Waals surface area contributed by atoms with Crippen molar-refractivity contribution < 1.29 is 56.1 Å². The lowest BCUT2D eigenvalue weighted by Gasteiger charge is -2.50. The number of halogens is 7. The summed E-state index contributed by atoms with van der Waals surface area (Å²) in [5.74, 6) is -23.6. The molecule has 4 aliphatic rings. The molecule has 2 saturated heterocycles. The number of rotatable bonds is 4. The molecule has 2 heterocycles. The fourth-order valence-electron chi connectivity index (χ4n) is 7.83. The van der Waals surface area contributed by atoms with E-state index in [1.54, 1.807) is 0 Å². The van der Waals surface area contributed by atoms with Gasteiger partial charge in [-0.15, -0.1) is 23.2 Å². The van der Waals surface area contributed by atoms with Crippen LogP contribution < -0.4 is 9.80 Å². The van der Waals surface area contributed by atoms with Gasteiger partial charge in [-0.3, -0.25) is 24.1 Å². The quantitative estimate of drug-likeness (QED) is 0.0857. The van der Waals surface area contributed by atoms with Crippen LogP contribution in [0.1, 0.15) is 40.2 Å². The molecular weight excluding hydrogens is 714 g/mol. The smallest absolute Gasteiger partial charge is 0.335 e. The molecule has 1 saturated carbocycles. The lowest BCUT2D eigenvalue weighted by Crippen LogP contribution is -2.60. The zero-order chi connectivity index (χ0) is 36.4. The summed E-state index contributed by atoms with van der Waals surface area (Å²) in [6.45, 7) is 1.49. The first kappa shape index (κ1) is 33.7. The first-order valence-electron chi connectivity index (χ1n) is 15.0. The van der Waals surface area contributed by atoms with E-state index in [9.17, 15) is 47.4 Å². The molecule has 0 unspecified atom stereocenters. The Kier molecular flexibility index (Phi) is 7.47. The highest BCUT2D eigenvalue weighted by Gasteiger charge is 2.77. The molecule has 0 bridgehead atoms. The number of aryl methyl sites for hydroxylation is 1. The molecule has 4 amide bonds. The molecule has 2 aliphatic carbocycles. The van der Waals surface area contributed by atoms with Gasteiger partial charge in [-0.2, -0.15) is 0 Å². The van der Waals surface area contributed by atoms with E-state index in [1.807, 2.05) is 0 Å². The Morgan fingerprint density at radius 2 is 1.48 bits per heavy atom. The minimum Gasteiger partial charge on any atom is -0.508 e. The zero-order valence-electron chi connectivity index (χ0n) is 25.3. The second-order valence-corrected chi connectivity index (χ2v) is 13.8. The average Bonchev–Trinajstić information content (AvgIpc) is 3.42. The van der Waals surface area contributed by atoms with Crippen molar-refractivity contribution in [2.45, 2.75) is 35.4 Å². The van der Waals surface area contributed by atoms with Gasteiger partial charge >= 0.3 is 5.97 Å². The number of phenols is 1. The summed E-state index contributed by atoms with van der Waals surface area (Å²) in [4.78, 5) is 63.3. The second kappa shape index (κ2) is 11.1. The molecule has 9 nitrogen and oxygen atoms in total. The molecule has 3 fully saturated rings. The normalized spacial score (nSPS) is 28.8. The van der Waals surface area contributed by atoms with E-state index in [0.29, 0.717) is 0 Å². The van der Waals surface area contributed by atoms with E-state index in [4.69, 9.17) is 23.2 Å². The molecule has 0 radical (unpaired) electrons. The Hall–Kier alpha value is -4.82. The van der Waals surface area contributed by atoms with E-state index in [2.05, 4.69) is 0 Å². The van der Waals surface area contributed by atoms with Gasteiger partial charge in [0.2, 0.25) is 17.6 Å². The molecule has 6 atom stereocenters. The standard InChI is InChI=1S/C34H21Cl2F5N2O7/c1-12-9-13(5-8-19(12)44)21-16-6-7-17-20(29(46)42(28(17)45)15-4-2-3-14(10-15)30(47)48)18(16)11-33(35)31(49)43(32(50)34(21,33)36)27-25(40)23(38)22(37)24(39)26(27)41/h2-6,8-10,17-18,20-21,44H,7,11H2,1H3,(H,47,48)/t17-,18+,20-,21-,33+,34-/m0/s1.